The summed E-state index contributed by atoms with van der Waals surface area (Å²) >= 11 is 0. The van der Waals surface area contributed by atoms with Crippen molar-refractivity contribution >= 4 is 11.8 Å². The van der Waals surface area contributed by atoms with Crippen LogP contribution in [0.4, 0.5) is 5.69 Å². The maximum atomic E-state index is 2.44. The van der Waals surface area contributed by atoms with Crippen molar-refractivity contribution in [2.45, 2.75) is 19.3 Å². The minimum absolute atomic E-state index is 0.868. The predicted molar refractivity (Wildman–Crippen MR) is 91.0 cm³/mol. The number of benzene rings is 1. The van der Waals surface area contributed by atoms with Crippen molar-refractivity contribution in [1.29, 1.82) is 0 Å². The number of hydrogen-bond acceptors (Lipinski definition) is 0. The SMILES string of the molecule is C[N+](C)(C)c1ccc(C=C2C=C3C(=C2)[C@H]2CC[C@H]3C2)cc1. The molecule has 1 aromatic rings. The van der Waals surface area contributed by atoms with Crippen molar-refractivity contribution < 1.29 is 0 Å². The second-order valence-corrected chi connectivity index (χ2v) is 7.65. The lowest BCUT2D eigenvalue weighted by Crippen LogP contribution is -2.34. The molecule has 1 aromatic carbocycles. The van der Waals surface area contributed by atoms with Gasteiger partial charge in [-0.25, -0.2) is 0 Å². The van der Waals surface area contributed by atoms with E-state index in [4.69, 9.17) is 0 Å². The van der Waals surface area contributed by atoms with Crippen molar-refractivity contribution in [3.63, 3.8) is 0 Å². The van der Waals surface area contributed by atoms with Crippen LogP contribution in [-0.2, 0) is 0 Å². The van der Waals surface area contributed by atoms with Gasteiger partial charge in [-0.1, -0.05) is 12.2 Å². The van der Waals surface area contributed by atoms with Crippen LogP contribution in [0.25, 0.3) is 6.08 Å². The summed E-state index contributed by atoms with van der Waals surface area (Å²) in [6.45, 7) is 0. The highest BCUT2D eigenvalue weighted by Crippen LogP contribution is 2.54. The van der Waals surface area contributed by atoms with Gasteiger partial charge in [0.05, 0.1) is 21.1 Å². The lowest BCUT2D eigenvalue weighted by atomic mass is 9.92. The lowest BCUT2D eigenvalue weighted by molar-refractivity contribution is 0.486. The van der Waals surface area contributed by atoms with Gasteiger partial charge in [0.1, 0.15) is 5.69 Å². The van der Waals surface area contributed by atoms with Gasteiger partial charge in [0.15, 0.2) is 0 Å². The van der Waals surface area contributed by atoms with E-state index in [-0.39, 0.29) is 0 Å². The summed E-state index contributed by atoms with van der Waals surface area (Å²) < 4.78 is 0.869. The van der Waals surface area contributed by atoms with Gasteiger partial charge in [-0.3, -0.25) is 4.48 Å². The summed E-state index contributed by atoms with van der Waals surface area (Å²) in [5.41, 5.74) is 7.36. The van der Waals surface area contributed by atoms with Crippen LogP contribution in [0.5, 0.6) is 0 Å². The number of hydrogen-bond donors (Lipinski definition) is 0. The Morgan fingerprint density at radius 1 is 0.905 bits per heavy atom. The molecule has 0 radical (unpaired) electrons. The second kappa shape index (κ2) is 4.45. The molecule has 2 fully saturated rings. The normalized spacial score (nSPS) is 26.7. The monoisotopic (exact) mass is 278 g/mol. The molecule has 2 saturated carbocycles. The molecule has 1 nitrogen and oxygen atoms in total. The average molecular weight is 278 g/mol. The Bertz CT molecular complexity index is 637. The Hall–Kier alpha value is -1.60. The Labute approximate surface area is 127 Å². The Morgan fingerprint density at radius 3 is 2.00 bits per heavy atom. The summed E-state index contributed by atoms with van der Waals surface area (Å²) in [6, 6.07) is 8.97. The van der Waals surface area contributed by atoms with E-state index >= 15 is 0 Å². The first kappa shape index (κ1) is 13.1. The zero-order chi connectivity index (χ0) is 14.6. The fourth-order valence-corrected chi connectivity index (χ4v) is 4.11. The summed E-state index contributed by atoms with van der Waals surface area (Å²) in [4.78, 5) is 0. The molecule has 0 spiro atoms. The van der Waals surface area contributed by atoms with Crippen molar-refractivity contribution in [2.24, 2.45) is 11.8 Å². The number of quaternary nitrogens is 1. The Morgan fingerprint density at radius 2 is 1.48 bits per heavy atom. The van der Waals surface area contributed by atoms with E-state index in [9.17, 15) is 0 Å². The molecule has 3 aliphatic carbocycles. The van der Waals surface area contributed by atoms with Crippen LogP contribution in [0.15, 0.2) is 53.1 Å². The zero-order valence-electron chi connectivity index (χ0n) is 13.3. The highest BCUT2D eigenvalue weighted by molar-refractivity contribution is 5.68. The van der Waals surface area contributed by atoms with Gasteiger partial charge in [-0.15, -0.1) is 0 Å². The average Bonchev–Trinajstić information content (AvgIpc) is 3.09. The molecule has 2 bridgehead atoms. The molecule has 3 aliphatic rings. The van der Waals surface area contributed by atoms with Crippen LogP contribution in [0.1, 0.15) is 24.8 Å². The van der Waals surface area contributed by atoms with Crippen molar-refractivity contribution in [2.75, 3.05) is 21.1 Å². The minimum atomic E-state index is 0.868. The third-order valence-electron chi connectivity index (χ3n) is 5.29. The summed E-state index contributed by atoms with van der Waals surface area (Å²) in [5, 5.41) is 0. The minimum Gasteiger partial charge on any atom is -0.298 e. The molecule has 0 amide bonds. The summed E-state index contributed by atoms with van der Waals surface area (Å²) in [7, 11) is 6.61. The quantitative estimate of drug-likeness (QED) is 0.696. The molecular formula is C20H24N+. The number of nitrogens with zero attached hydrogens (tertiary/aromatic N) is 1. The van der Waals surface area contributed by atoms with E-state index in [0.717, 1.165) is 16.3 Å². The second-order valence-electron chi connectivity index (χ2n) is 7.65. The van der Waals surface area contributed by atoms with Gasteiger partial charge >= 0.3 is 0 Å². The first-order valence-corrected chi connectivity index (χ1v) is 8.08. The van der Waals surface area contributed by atoms with E-state index in [2.05, 4.69) is 63.6 Å². The Kier molecular flexibility index (Phi) is 2.77. The first-order chi connectivity index (χ1) is 10.0. The molecule has 1 heteroatoms. The van der Waals surface area contributed by atoms with Crippen LogP contribution in [-0.4, -0.2) is 21.1 Å². The third kappa shape index (κ3) is 2.20. The van der Waals surface area contributed by atoms with E-state index in [1.54, 1.807) is 11.1 Å². The Balaban J connectivity index is 1.61. The van der Waals surface area contributed by atoms with Crippen LogP contribution < -0.4 is 4.48 Å². The number of allylic oxidation sites excluding steroid dienone is 5. The standard InChI is InChI=1S/C20H24N/c1-21(2,3)18-8-4-14(5-9-18)10-15-11-19-16-6-7-17(13-16)20(19)12-15/h4-5,8-12,16-17H,6-7,13H2,1-3H3/q+1/t16-,17-/m0/s1. The smallest absolute Gasteiger partial charge is 0.132 e. The third-order valence-corrected chi connectivity index (χ3v) is 5.29. The molecule has 4 rings (SSSR count). The lowest BCUT2D eigenvalue weighted by Gasteiger charge is -2.23. The zero-order valence-corrected chi connectivity index (χ0v) is 13.3. The molecule has 0 unspecified atom stereocenters. The van der Waals surface area contributed by atoms with Crippen LogP contribution in [0.3, 0.4) is 0 Å². The number of fused-ring (bicyclic) bond motifs is 5. The van der Waals surface area contributed by atoms with Gasteiger partial charge in [0, 0.05) is 0 Å². The molecule has 21 heavy (non-hydrogen) atoms. The van der Waals surface area contributed by atoms with Gasteiger partial charge < -0.3 is 0 Å². The van der Waals surface area contributed by atoms with E-state index in [1.807, 2.05) is 0 Å². The maximum absolute atomic E-state index is 2.44. The fraction of sp³-hybridized carbons (Fsp3) is 0.400. The highest BCUT2D eigenvalue weighted by atomic mass is 15.3. The van der Waals surface area contributed by atoms with Crippen molar-refractivity contribution in [3.8, 4) is 0 Å². The molecule has 0 aliphatic heterocycles. The van der Waals surface area contributed by atoms with Crippen LogP contribution in [0.2, 0.25) is 0 Å². The van der Waals surface area contributed by atoms with Gasteiger partial charge in [0.25, 0.3) is 0 Å². The molecule has 0 aromatic heterocycles. The molecule has 0 heterocycles. The van der Waals surface area contributed by atoms with Crippen LogP contribution in [0, 0.1) is 11.8 Å². The van der Waals surface area contributed by atoms with Gasteiger partial charge in [-0.2, -0.15) is 0 Å². The fourth-order valence-electron chi connectivity index (χ4n) is 4.11. The van der Waals surface area contributed by atoms with E-state index < -0.39 is 0 Å². The summed E-state index contributed by atoms with van der Waals surface area (Å²) in [5.74, 6) is 1.74. The van der Waals surface area contributed by atoms with Gasteiger partial charge in [0.2, 0.25) is 0 Å². The van der Waals surface area contributed by atoms with E-state index in [0.29, 0.717) is 0 Å². The highest BCUT2D eigenvalue weighted by Gasteiger charge is 2.41. The first-order valence-electron chi connectivity index (χ1n) is 8.08. The molecule has 108 valence electrons. The van der Waals surface area contributed by atoms with Crippen molar-refractivity contribution in [1.82, 2.24) is 4.48 Å². The largest absolute Gasteiger partial charge is 0.298 e. The molecule has 2 atom stereocenters. The summed E-state index contributed by atoms with van der Waals surface area (Å²) in [6.07, 6.45) is 11.5. The number of rotatable bonds is 2. The molecule has 0 N–H and O–H groups in total. The topological polar surface area (TPSA) is 0 Å². The molecular weight excluding hydrogens is 254 g/mol. The van der Waals surface area contributed by atoms with Crippen molar-refractivity contribution in [3.05, 3.63) is 58.7 Å². The predicted octanol–water partition coefficient (Wildman–Crippen LogP) is 4.56. The van der Waals surface area contributed by atoms with Gasteiger partial charge in [-0.05, 0) is 83.7 Å². The van der Waals surface area contributed by atoms with Crippen LogP contribution >= 0.6 is 0 Å². The van der Waals surface area contributed by atoms with E-state index in [1.165, 1.54) is 36.1 Å². The molecule has 0 saturated heterocycles. The maximum Gasteiger partial charge on any atom is 0.132 e.